The Labute approximate surface area is 177 Å². The molecule has 0 unspecified atom stereocenters. The third kappa shape index (κ3) is 4.13. The number of nitrogens with zero attached hydrogens (tertiary/aromatic N) is 2. The summed E-state index contributed by atoms with van der Waals surface area (Å²) in [6, 6.07) is 10.0. The van der Waals surface area contributed by atoms with Crippen LogP contribution in [0.15, 0.2) is 36.4 Å². The summed E-state index contributed by atoms with van der Waals surface area (Å²) in [6.45, 7) is 2.01. The first kappa shape index (κ1) is 19.8. The fraction of sp³-hybridized carbons (Fsp3) is 0.375. The first-order chi connectivity index (χ1) is 14.1. The molecule has 1 aromatic heterocycles. The summed E-state index contributed by atoms with van der Waals surface area (Å²) < 4.78 is 7.64. The zero-order chi connectivity index (χ0) is 20.4. The van der Waals surface area contributed by atoms with Crippen molar-refractivity contribution < 1.29 is 4.74 Å². The average molecular weight is 410 g/mol. The molecule has 1 fully saturated rings. The molecule has 1 saturated carbocycles. The number of hydrogen-bond donors (Lipinski definition) is 1. The molecule has 1 aliphatic carbocycles. The lowest BCUT2D eigenvalue weighted by molar-refractivity contribution is 0.416. The lowest BCUT2D eigenvalue weighted by Crippen LogP contribution is -2.03. The highest BCUT2D eigenvalue weighted by molar-refractivity contribution is 6.31. The molecule has 0 aliphatic heterocycles. The van der Waals surface area contributed by atoms with Gasteiger partial charge in [0.25, 0.3) is 0 Å². The topological polar surface area (TPSA) is 39.1 Å². The third-order valence-corrected chi connectivity index (χ3v) is 6.06. The van der Waals surface area contributed by atoms with Crippen LogP contribution < -0.4 is 10.1 Å². The van der Waals surface area contributed by atoms with Gasteiger partial charge in [-0.2, -0.15) is 0 Å². The molecule has 29 heavy (non-hydrogen) atoms. The van der Waals surface area contributed by atoms with E-state index in [1.54, 1.807) is 7.11 Å². The minimum atomic E-state index is 0.657. The molecule has 1 N–H and O–H groups in total. The van der Waals surface area contributed by atoms with Crippen LogP contribution in [0.1, 0.15) is 43.2 Å². The molecule has 3 aromatic rings. The molecule has 152 valence electrons. The standard InChI is InChI=1S/C24H28ClN3O/c1-16-14-19(25)15-21(29-3)22(16)27-24-26-20-11-7-10-18(23(20)28(24)2)13-12-17-8-5-4-6-9-17/h7,10-15,17H,4-6,8-9H2,1-3H3,(H,26,27)/b13-12+. The molecule has 4 nitrogen and oxygen atoms in total. The molecule has 5 heteroatoms. The van der Waals surface area contributed by atoms with E-state index in [0.717, 1.165) is 28.2 Å². The number of aromatic nitrogens is 2. The number of methoxy groups -OCH3 is 1. The second-order valence-electron chi connectivity index (χ2n) is 7.89. The van der Waals surface area contributed by atoms with Crippen LogP contribution in [0.5, 0.6) is 5.75 Å². The monoisotopic (exact) mass is 409 g/mol. The molecule has 0 bridgehead atoms. The van der Waals surface area contributed by atoms with Crippen molar-refractivity contribution in [1.82, 2.24) is 9.55 Å². The van der Waals surface area contributed by atoms with Gasteiger partial charge in [0.1, 0.15) is 5.75 Å². The van der Waals surface area contributed by atoms with E-state index < -0.39 is 0 Å². The van der Waals surface area contributed by atoms with Crippen LogP contribution in [-0.4, -0.2) is 16.7 Å². The van der Waals surface area contributed by atoms with Crippen molar-refractivity contribution in [2.24, 2.45) is 13.0 Å². The summed E-state index contributed by atoms with van der Waals surface area (Å²) >= 11 is 6.18. The predicted octanol–water partition coefficient (Wildman–Crippen LogP) is 6.88. The number of ether oxygens (including phenoxy) is 1. The maximum atomic E-state index is 6.18. The normalized spacial score (nSPS) is 15.3. The van der Waals surface area contributed by atoms with Crippen LogP contribution in [0.3, 0.4) is 0 Å². The Morgan fingerprint density at radius 2 is 2.00 bits per heavy atom. The maximum Gasteiger partial charge on any atom is 0.208 e. The molecule has 0 spiro atoms. The van der Waals surface area contributed by atoms with Crippen molar-refractivity contribution in [3.63, 3.8) is 0 Å². The minimum absolute atomic E-state index is 0.657. The van der Waals surface area contributed by atoms with E-state index in [-0.39, 0.29) is 0 Å². The smallest absolute Gasteiger partial charge is 0.208 e. The molecule has 1 aliphatic rings. The quantitative estimate of drug-likeness (QED) is 0.499. The average Bonchev–Trinajstić information content (AvgIpc) is 3.05. The fourth-order valence-corrected chi connectivity index (χ4v) is 4.52. The zero-order valence-electron chi connectivity index (χ0n) is 17.3. The van der Waals surface area contributed by atoms with Crippen LogP contribution in [0, 0.1) is 12.8 Å². The first-order valence-electron chi connectivity index (χ1n) is 10.3. The van der Waals surface area contributed by atoms with Gasteiger partial charge in [-0.25, -0.2) is 4.98 Å². The highest BCUT2D eigenvalue weighted by atomic mass is 35.5. The van der Waals surface area contributed by atoms with Crippen LogP contribution >= 0.6 is 11.6 Å². The van der Waals surface area contributed by atoms with Crippen LogP contribution in [0.4, 0.5) is 11.6 Å². The number of allylic oxidation sites excluding steroid dienone is 1. The Morgan fingerprint density at radius 1 is 1.21 bits per heavy atom. The largest absolute Gasteiger partial charge is 0.495 e. The Hall–Kier alpha value is -2.46. The highest BCUT2D eigenvalue weighted by Crippen LogP contribution is 2.35. The van der Waals surface area contributed by atoms with Gasteiger partial charge in [0.2, 0.25) is 5.95 Å². The number of anilines is 2. The van der Waals surface area contributed by atoms with E-state index in [4.69, 9.17) is 21.3 Å². The molecule has 0 saturated heterocycles. The van der Waals surface area contributed by atoms with Crippen molar-refractivity contribution in [3.8, 4) is 5.75 Å². The minimum Gasteiger partial charge on any atom is -0.495 e. The van der Waals surface area contributed by atoms with Crippen LogP contribution in [-0.2, 0) is 7.05 Å². The lowest BCUT2D eigenvalue weighted by Gasteiger charge is -2.17. The molecular formula is C24H28ClN3O. The van der Waals surface area contributed by atoms with Gasteiger partial charge in [0, 0.05) is 23.7 Å². The summed E-state index contributed by atoms with van der Waals surface area (Å²) in [4.78, 5) is 4.83. The Morgan fingerprint density at radius 3 is 2.76 bits per heavy atom. The van der Waals surface area contributed by atoms with Crippen molar-refractivity contribution in [3.05, 3.63) is 52.6 Å². The third-order valence-electron chi connectivity index (χ3n) is 5.84. The number of fused-ring (bicyclic) bond motifs is 1. The van der Waals surface area contributed by atoms with Gasteiger partial charge < -0.3 is 14.6 Å². The second-order valence-corrected chi connectivity index (χ2v) is 8.33. The molecule has 1 heterocycles. The summed E-state index contributed by atoms with van der Waals surface area (Å²) in [5, 5.41) is 4.11. The maximum absolute atomic E-state index is 6.18. The molecular weight excluding hydrogens is 382 g/mol. The van der Waals surface area contributed by atoms with E-state index in [9.17, 15) is 0 Å². The lowest BCUT2D eigenvalue weighted by atomic mass is 9.89. The fourth-order valence-electron chi connectivity index (χ4n) is 4.26. The van der Waals surface area contributed by atoms with Gasteiger partial charge in [0.05, 0.1) is 23.8 Å². The number of aryl methyl sites for hydroxylation is 2. The first-order valence-corrected chi connectivity index (χ1v) is 10.7. The predicted molar refractivity (Wildman–Crippen MR) is 122 cm³/mol. The van der Waals surface area contributed by atoms with Crippen LogP contribution in [0.2, 0.25) is 5.02 Å². The Bertz CT molecular complexity index is 1050. The van der Waals surface area contributed by atoms with Gasteiger partial charge in [-0.05, 0) is 43.4 Å². The number of benzene rings is 2. The summed E-state index contributed by atoms with van der Waals surface area (Å²) in [6.07, 6.45) is 11.4. The van der Waals surface area contributed by atoms with Crippen molar-refractivity contribution in [2.75, 3.05) is 12.4 Å². The molecule has 2 aromatic carbocycles. The number of halogens is 1. The summed E-state index contributed by atoms with van der Waals surface area (Å²) in [5.41, 5.74) is 5.21. The number of rotatable bonds is 5. The van der Waals surface area contributed by atoms with E-state index in [1.165, 1.54) is 37.7 Å². The van der Waals surface area contributed by atoms with E-state index in [2.05, 4.69) is 40.2 Å². The number of hydrogen-bond acceptors (Lipinski definition) is 3. The van der Waals surface area contributed by atoms with Gasteiger partial charge in [-0.3, -0.25) is 0 Å². The second kappa shape index (κ2) is 8.50. The van der Waals surface area contributed by atoms with Gasteiger partial charge in [-0.1, -0.05) is 55.1 Å². The molecule has 0 atom stereocenters. The van der Waals surface area contributed by atoms with E-state index >= 15 is 0 Å². The van der Waals surface area contributed by atoms with Gasteiger partial charge >= 0.3 is 0 Å². The highest BCUT2D eigenvalue weighted by Gasteiger charge is 2.15. The summed E-state index contributed by atoms with van der Waals surface area (Å²) in [7, 11) is 3.70. The van der Waals surface area contributed by atoms with E-state index in [0.29, 0.717) is 16.7 Å². The van der Waals surface area contributed by atoms with Crippen LogP contribution in [0.25, 0.3) is 17.1 Å². The SMILES string of the molecule is COc1cc(Cl)cc(C)c1Nc1nc2cccc(/C=C/C3CCCCC3)c2n1C. The molecule has 4 rings (SSSR count). The van der Waals surface area contributed by atoms with Gasteiger partial charge in [-0.15, -0.1) is 0 Å². The van der Waals surface area contributed by atoms with E-state index in [1.807, 2.05) is 26.1 Å². The zero-order valence-corrected chi connectivity index (χ0v) is 18.1. The van der Waals surface area contributed by atoms with Crippen molar-refractivity contribution >= 4 is 40.3 Å². The van der Waals surface area contributed by atoms with Gasteiger partial charge in [0.15, 0.2) is 0 Å². The molecule has 0 radical (unpaired) electrons. The number of para-hydroxylation sites is 1. The number of imidazole rings is 1. The van der Waals surface area contributed by atoms with Crippen molar-refractivity contribution in [2.45, 2.75) is 39.0 Å². The molecule has 0 amide bonds. The summed E-state index contributed by atoms with van der Waals surface area (Å²) in [5.74, 6) is 2.19. The van der Waals surface area contributed by atoms with Crippen molar-refractivity contribution in [1.29, 1.82) is 0 Å². The Balaban J connectivity index is 1.69. The Kier molecular flexibility index (Phi) is 5.81. The number of nitrogens with one attached hydrogen (secondary N) is 1.